The van der Waals surface area contributed by atoms with Gasteiger partial charge in [0, 0.05) is 36.1 Å². The van der Waals surface area contributed by atoms with E-state index in [1.807, 2.05) is 12.1 Å². The molecular formula is C18H26ClNO2. The Labute approximate surface area is 138 Å². The number of rotatable bonds is 6. The molecule has 4 heteroatoms. The van der Waals surface area contributed by atoms with Crippen molar-refractivity contribution >= 4 is 17.5 Å². The summed E-state index contributed by atoms with van der Waals surface area (Å²) in [4.78, 5) is 12.3. The number of hydrogen-bond acceptors (Lipinski definition) is 2. The second-order valence-corrected chi connectivity index (χ2v) is 6.57. The second-order valence-electron chi connectivity index (χ2n) is 6.13. The van der Waals surface area contributed by atoms with Crippen molar-refractivity contribution in [1.82, 2.24) is 5.32 Å². The molecule has 122 valence electrons. The summed E-state index contributed by atoms with van der Waals surface area (Å²) in [7, 11) is 0. The van der Waals surface area contributed by atoms with Crippen molar-refractivity contribution in [1.29, 1.82) is 0 Å². The van der Waals surface area contributed by atoms with Gasteiger partial charge in [0.1, 0.15) is 0 Å². The van der Waals surface area contributed by atoms with Gasteiger partial charge in [0.15, 0.2) is 0 Å². The number of halogens is 1. The third kappa shape index (κ3) is 4.02. The van der Waals surface area contributed by atoms with Crippen molar-refractivity contribution in [2.45, 2.75) is 44.9 Å². The van der Waals surface area contributed by atoms with E-state index in [2.05, 4.69) is 31.3 Å². The van der Waals surface area contributed by atoms with Gasteiger partial charge < -0.3 is 10.1 Å². The van der Waals surface area contributed by atoms with Crippen LogP contribution in [0.4, 0.5) is 0 Å². The third-order valence-electron chi connectivity index (χ3n) is 4.86. The molecule has 0 saturated carbocycles. The fourth-order valence-electron chi connectivity index (χ4n) is 3.19. The predicted octanol–water partition coefficient (Wildman–Crippen LogP) is 3.94. The summed E-state index contributed by atoms with van der Waals surface area (Å²) in [5, 5.41) is 3.92. The van der Waals surface area contributed by atoms with Crippen LogP contribution in [0.1, 0.15) is 45.1 Å². The summed E-state index contributed by atoms with van der Waals surface area (Å²) in [6.45, 7) is 6.29. The molecule has 22 heavy (non-hydrogen) atoms. The topological polar surface area (TPSA) is 38.3 Å². The van der Waals surface area contributed by atoms with Gasteiger partial charge in [-0.2, -0.15) is 0 Å². The minimum atomic E-state index is -0.0372. The number of ether oxygens (including phenoxy) is 1. The van der Waals surface area contributed by atoms with E-state index in [9.17, 15) is 4.79 Å². The van der Waals surface area contributed by atoms with Crippen LogP contribution in [0.15, 0.2) is 24.3 Å². The van der Waals surface area contributed by atoms with E-state index < -0.39 is 0 Å². The summed E-state index contributed by atoms with van der Waals surface area (Å²) in [6, 6.07) is 8.02. The Balaban J connectivity index is 2.12. The summed E-state index contributed by atoms with van der Waals surface area (Å²) in [5.41, 5.74) is 1.20. The highest BCUT2D eigenvalue weighted by Crippen LogP contribution is 2.35. The normalized spacial score (nSPS) is 17.5. The SMILES string of the molecule is CCC(CC)C(=O)NCC1(c2ccc(Cl)cc2)CCOCC1. The van der Waals surface area contributed by atoms with Gasteiger partial charge in [0.2, 0.25) is 5.91 Å². The van der Waals surface area contributed by atoms with Gasteiger partial charge in [-0.3, -0.25) is 4.79 Å². The first-order chi connectivity index (χ1) is 10.6. The zero-order chi connectivity index (χ0) is 16.0. The van der Waals surface area contributed by atoms with Crippen LogP contribution in [0, 0.1) is 5.92 Å². The Morgan fingerprint density at radius 3 is 2.36 bits per heavy atom. The summed E-state index contributed by atoms with van der Waals surface area (Å²) in [6.07, 6.45) is 3.63. The molecule has 1 heterocycles. The van der Waals surface area contributed by atoms with Crippen LogP contribution in [0.25, 0.3) is 0 Å². The molecule has 1 aromatic rings. The molecule has 0 spiro atoms. The molecule has 0 atom stereocenters. The van der Waals surface area contributed by atoms with Gasteiger partial charge in [-0.1, -0.05) is 37.6 Å². The van der Waals surface area contributed by atoms with E-state index >= 15 is 0 Å². The number of carbonyl (C=O) groups is 1. The molecule has 1 aromatic carbocycles. The minimum absolute atomic E-state index is 0.0372. The Kier molecular flexibility index (Phi) is 6.27. The standard InChI is InChI=1S/C18H26ClNO2/c1-3-14(4-2)17(21)20-13-18(9-11-22-12-10-18)15-5-7-16(19)8-6-15/h5-8,14H,3-4,9-13H2,1-2H3,(H,20,21). The lowest BCUT2D eigenvalue weighted by atomic mass is 9.74. The second kappa shape index (κ2) is 7.98. The molecule has 0 radical (unpaired) electrons. The quantitative estimate of drug-likeness (QED) is 0.861. The Hall–Kier alpha value is -1.06. The van der Waals surface area contributed by atoms with Crippen LogP contribution in [0.5, 0.6) is 0 Å². The van der Waals surface area contributed by atoms with Gasteiger partial charge in [0.25, 0.3) is 0 Å². The number of hydrogen-bond donors (Lipinski definition) is 1. The van der Waals surface area contributed by atoms with Crippen molar-refractivity contribution in [3.63, 3.8) is 0 Å². The molecule has 1 saturated heterocycles. The first kappa shape index (κ1) is 17.3. The maximum Gasteiger partial charge on any atom is 0.223 e. The Morgan fingerprint density at radius 2 is 1.82 bits per heavy atom. The molecule has 0 aliphatic carbocycles. The van der Waals surface area contributed by atoms with E-state index in [0.29, 0.717) is 6.54 Å². The molecular weight excluding hydrogens is 298 g/mol. The average molecular weight is 324 g/mol. The molecule has 1 fully saturated rings. The van der Waals surface area contributed by atoms with Crippen LogP contribution in [-0.4, -0.2) is 25.7 Å². The first-order valence-electron chi connectivity index (χ1n) is 8.23. The molecule has 1 N–H and O–H groups in total. The van der Waals surface area contributed by atoms with Crippen molar-refractivity contribution in [3.8, 4) is 0 Å². The smallest absolute Gasteiger partial charge is 0.223 e. The molecule has 1 aliphatic heterocycles. The molecule has 0 aromatic heterocycles. The van der Waals surface area contributed by atoms with Gasteiger partial charge in [-0.05, 0) is 43.4 Å². The number of nitrogens with one attached hydrogen (secondary N) is 1. The molecule has 0 unspecified atom stereocenters. The number of carbonyl (C=O) groups excluding carboxylic acids is 1. The monoisotopic (exact) mass is 323 g/mol. The average Bonchev–Trinajstić information content (AvgIpc) is 2.55. The molecule has 0 bridgehead atoms. The molecule has 1 aliphatic rings. The summed E-state index contributed by atoms with van der Waals surface area (Å²) < 4.78 is 5.53. The predicted molar refractivity (Wildman–Crippen MR) is 90.3 cm³/mol. The largest absolute Gasteiger partial charge is 0.381 e. The number of amides is 1. The van der Waals surface area contributed by atoms with Crippen LogP contribution in [0.3, 0.4) is 0 Å². The molecule has 3 nitrogen and oxygen atoms in total. The Bertz CT molecular complexity index is 476. The zero-order valence-corrected chi connectivity index (χ0v) is 14.3. The fourth-order valence-corrected chi connectivity index (χ4v) is 3.32. The van der Waals surface area contributed by atoms with Crippen LogP contribution in [-0.2, 0) is 14.9 Å². The first-order valence-corrected chi connectivity index (χ1v) is 8.60. The lowest BCUT2D eigenvalue weighted by Gasteiger charge is -2.38. The van der Waals surface area contributed by atoms with Gasteiger partial charge >= 0.3 is 0 Å². The van der Waals surface area contributed by atoms with E-state index in [1.54, 1.807) is 0 Å². The minimum Gasteiger partial charge on any atom is -0.381 e. The zero-order valence-electron chi connectivity index (χ0n) is 13.5. The summed E-state index contributed by atoms with van der Waals surface area (Å²) >= 11 is 6.01. The van der Waals surface area contributed by atoms with E-state index in [-0.39, 0.29) is 17.2 Å². The van der Waals surface area contributed by atoms with Crippen molar-refractivity contribution in [3.05, 3.63) is 34.9 Å². The third-order valence-corrected chi connectivity index (χ3v) is 5.12. The molecule has 1 amide bonds. The maximum absolute atomic E-state index is 12.3. The lowest BCUT2D eigenvalue weighted by molar-refractivity contribution is -0.125. The number of benzene rings is 1. The van der Waals surface area contributed by atoms with Gasteiger partial charge in [-0.15, -0.1) is 0 Å². The Morgan fingerprint density at radius 1 is 1.23 bits per heavy atom. The van der Waals surface area contributed by atoms with Crippen LogP contribution >= 0.6 is 11.6 Å². The van der Waals surface area contributed by atoms with Gasteiger partial charge in [0.05, 0.1) is 0 Å². The summed E-state index contributed by atoms with van der Waals surface area (Å²) in [5.74, 6) is 0.284. The highest BCUT2D eigenvalue weighted by molar-refractivity contribution is 6.30. The van der Waals surface area contributed by atoms with E-state index in [1.165, 1.54) is 5.56 Å². The van der Waals surface area contributed by atoms with Gasteiger partial charge in [-0.25, -0.2) is 0 Å². The van der Waals surface area contributed by atoms with Crippen LogP contribution in [0.2, 0.25) is 5.02 Å². The highest BCUT2D eigenvalue weighted by atomic mass is 35.5. The lowest BCUT2D eigenvalue weighted by Crippen LogP contribution is -2.46. The van der Waals surface area contributed by atoms with Crippen molar-refractivity contribution in [2.75, 3.05) is 19.8 Å². The maximum atomic E-state index is 12.3. The molecule has 2 rings (SSSR count). The highest BCUT2D eigenvalue weighted by Gasteiger charge is 2.35. The van der Waals surface area contributed by atoms with Crippen LogP contribution < -0.4 is 5.32 Å². The van der Waals surface area contributed by atoms with Crippen molar-refractivity contribution < 1.29 is 9.53 Å². The van der Waals surface area contributed by atoms with Crippen molar-refractivity contribution in [2.24, 2.45) is 5.92 Å². The van der Waals surface area contributed by atoms with E-state index in [0.717, 1.165) is 43.9 Å². The van der Waals surface area contributed by atoms with E-state index in [4.69, 9.17) is 16.3 Å². The fraction of sp³-hybridized carbons (Fsp3) is 0.611.